The molecule has 1 saturated heterocycles. The monoisotopic (exact) mass is 472 g/mol. The van der Waals surface area contributed by atoms with Crippen molar-refractivity contribution in [1.29, 1.82) is 0 Å². The van der Waals surface area contributed by atoms with Gasteiger partial charge in [0.05, 0.1) is 11.6 Å². The van der Waals surface area contributed by atoms with Crippen LogP contribution >= 0.6 is 0 Å². The van der Waals surface area contributed by atoms with Gasteiger partial charge in [0.1, 0.15) is 11.6 Å². The van der Waals surface area contributed by atoms with Crippen molar-refractivity contribution in [2.75, 3.05) is 22.9 Å². The predicted octanol–water partition coefficient (Wildman–Crippen LogP) is 5.92. The number of hydrogen-bond donors (Lipinski definition) is 1. The Bertz CT molecular complexity index is 1310. The van der Waals surface area contributed by atoms with Crippen molar-refractivity contribution in [3.8, 4) is 0 Å². The highest BCUT2D eigenvalue weighted by Gasteiger charge is 2.47. The van der Waals surface area contributed by atoms with Crippen molar-refractivity contribution in [2.45, 2.75) is 33.7 Å². The number of benzene rings is 3. The molecule has 180 valence electrons. The summed E-state index contributed by atoms with van der Waals surface area (Å²) in [5.41, 5.74) is 3.84. The Balaban J connectivity index is 1.91. The van der Waals surface area contributed by atoms with Crippen molar-refractivity contribution in [3.63, 3.8) is 0 Å². The fourth-order valence-corrected chi connectivity index (χ4v) is 4.60. The van der Waals surface area contributed by atoms with Crippen molar-refractivity contribution in [3.05, 3.63) is 100 Å². The summed E-state index contributed by atoms with van der Waals surface area (Å²) in [4.78, 5) is 30.2. The fourth-order valence-electron chi connectivity index (χ4n) is 4.60. The zero-order valence-electron chi connectivity index (χ0n) is 20.4. The van der Waals surface area contributed by atoms with Crippen LogP contribution in [-0.2, 0) is 9.59 Å². The molecule has 5 nitrogen and oxygen atoms in total. The normalized spacial score (nSPS) is 17.2. The van der Waals surface area contributed by atoms with Crippen LogP contribution in [0.1, 0.15) is 42.1 Å². The Morgan fingerprint density at radius 3 is 2.26 bits per heavy atom. The molecule has 0 aromatic heterocycles. The van der Waals surface area contributed by atoms with Crippen LogP contribution in [0.5, 0.6) is 0 Å². The van der Waals surface area contributed by atoms with Gasteiger partial charge in [-0.05, 0) is 86.8 Å². The van der Waals surface area contributed by atoms with E-state index in [4.69, 9.17) is 0 Å². The molecule has 1 N–H and O–H groups in total. The van der Waals surface area contributed by atoms with E-state index in [-0.39, 0.29) is 16.9 Å². The Morgan fingerprint density at radius 1 is 0.971 bits per heavy atom. The molecule has 6 heteroatoms. The molecular formula is C29H29FN2O3. The zero-order chi connectivity index (χ0) is 25.3. The molecule has 1 aliphatic heterocycles. The molecule has 1 amide bonds. The molecule has 0 spiro atoms. The first-order valence-corrected chi connectivity index (χ1v) is 11.8. The van der Waals surface area contributed by atoms with Gasteiger partial charge < -0.3 is 10.0 Å². The number of hydrogen-bond acceptors (Lipinski definition) is 4. The Hall–Kier alpha value is -3.93. The van der Waals surface area contributed by atoms with Crippen molar-refractivity contribution in [2.24, 2.45) is 0 Å². The van der Waals surface area contributed by atoms with Crippen molar-refractivity contribution in [1.82, 2.24) is 0 Å². The van der Waals surface area contributed by atoms with Gasteiger partial charge in [-0.1, -0.05) is 24.3 Å². The molecule has 1 aliphatic rings. The number of aliphatic hydroxyl groups excluding tert-OH is 1. The number of carbonyl (C=O) groups excluding carboxylic acids is 2. The van der Waals surface area contributed by atoms with E-state index in [1.165, 1.54) is 23.1 Å². The molecule has 0 radical (unpaired) electrons. The highest BCUT2D eigenvalue weighted by molar-refractivity contribution is 6.51. The SMILES string of the molecule is CCN(CC)c1ccc(C2/C(=C(/O)c3ccc(F)c(C)c3)C(=O)C(=O)N2c2cccc(C)c2)cc1. The maximum Gasteiger partial charge on any atom is 0.300 e. The maximum atomic E-state index is 13.9. The minimum Gasteiger partial charge on any atom is -0.507 e. The second-order valence-electron chi connectivity index (χ2n) is 8.74. The quantitative estimate of drug-likeness (QED) is 0.275. The third-order valence-electron chi connectivity index (χ3n) is 6.49. The minimum absolute atomic E-state index is 0.0156. The Morgan fingerprint density at radius 2 is 1.66 bits per heavy atom. The Labute approximate surface area is 205 Å². The lowest BCUT2D eigenvalue weighted by Gasteiger charge is -2.27. The third kappa shape index (κ3) is 4.44. The number of halogens is 1. The first kappa shape index (κ1) is 24.2. The van der Waals surface area contributed by atoms with E-state index in [0.29, 0.717) is 16.8 Å². The molecule has 0 bridgehead atoms. The lowest BCUT2D eigenvalue weighted by molar-refractivity contribution is -0.132. The smallest absolute Gasteiger partial charge is 0.300 e. The van der Waals surface area contributed by atoms with Gasteiger partial charge in [-0.25, -0.2) is 4.39 Å². The number of Topliss-reactive ketones (excluding diaryl/α,β-unsaturated/α-hetero) is 1. The van der Waals surface area contributed by atoms with Gasteiger partial charge >= 0.3 is 0 Å². The Kier molecular flexibility index (Phi) is 6.74. The highest BCUT2D eigenvalue weighted by atomic mass is 19.1. The number of ketones is 1. The molecular weight excluding hydrogens is 443 g/mol. The lowest BCUT2D eigenvalue weighted by atomic mass is 9.94. The van der Waals surface area contributed by atoms with Gasteiger partial charge in [-0.2, -0.15) is 0 Å². The minimum atomic E-state index is -0.826. The molecule has 0 saturated carbocycles. The molecule has 1 unspecified atom stereocenters. The molecule has 35 heavy (non-hydrogen) atoms. The van der Waals surface area contributed by atoms with Crippen LogP contribution in [0.25, 0.3) is 5.76 Å². The van der Waals surface area contributed by atoms with E-state index in [1.54, 1.807) is 13.0 Å². The van der Waals surface area contributed by atoms with Gasteiger partial charge in [0, 0.05) is 30.0 Å². The molecule has 1 heterocycles. The number of nitrogens with zero attached hydrogens (tertiary/aromatic N) is 2. The van der Waals surface area contributed by atoms with E-state index < -0.39 is 23.5 Å². The number of amides is 1. The molecule has 3 aromatic rings. The average Bonchev–Trinajstić information content (AvgIpc) is 3.12. The largest absolute Gasteiger partial charge is 0.507 e. The summed E-state index contributed by atoms with van der Waals surface area (Å²) in [6, 6.07) is 18.4. The van der Waals surface area contributed by atoms with E-state index in [2.05, 4.69) is 18.7 Å². The summed E-state index contributed by atoms with van der Waals surface area (Å²) in [5.74, 6) is -2.22. The van der Waals surface area contributed by atoms with Crippen LogP contribution in [0.4, 0.5) is 15.8 Å². The number of aryl methyl sites for hydroxylation is 2. The molecule has 1 atom stereocenters. The van der Waals surface area contributed by atoms with E-state index in [1.807, 2.05) is 49.4 Å². The summed E-state index contributed by atoms with van der Waals surface area (Å²) >= 11 is 0. The van der Waals surface area contributed by atoms with Crippen LogP contribution in [0.15, 0.2) is 72.3 Å². The highest BCUT2D eigenvalue weighted by Crippen LogP contribution is 2.42. The van der Waals surface area contributed by atoms with E-state index in [9.17, 15) is 19.1 Å². The molecule has 3 aromatic carbocycles. The van der Waals surface area contributed by atoms with Crippen LogP contribution in [-0.4, -0.2) is 29.9 Å². The second kappa shape index (κ2) is 9.74. The number of carbonyl (C=O) groups is 2. The number of rotatable bonds is 6. The van der Waals surface area contributed by atoms with Crippen LogP contribution < -0.4 is 9.80 Å². The van der Waals surface area contributed by atoms with Gasteiger partial charge in [-0.3, -0.25) is 14.5 Å². The van der Waals surface area contributed by atoms with Crippen molar-refractivity contribution < 1.29 is 19.1 Å². The first-order chi connectivity index (χ1) is 16.8. The van der Waals surface area contributed by atoms with Gasteiger partial charge in [0.2, 0.25) is 0 Å². The maximum absolute atomic E-state index is 13.9. The van der Waals surface area contributed by atoms with Crippen LogP contribution in [0.3, 0.4) is 0 Å². The summed E-state index contributed by atoms with van der Waals surface area (Å²) in [6.45, 7) is 9.35. The summed E-state index contributed by atoms with van der Waals surface area (Å²) in [5, 5.41) is 11.2. The van der Waals surface area contributed by atoms with Crippen molar-refractivity contribution >= 4 is 28.8 Å². The first-order valence-electron chi connectivity index (χ1n) is 11.8. The van der Waals surface area contributed by atoms with E-state index >= 15 is 0 Å². The predicted molar refractivity (Wildman–Crippen MR) is 137 cm³/mol. The summed E-state index contributed by atoms with van der Waals surface area (Å²) in [6.07, 6.45) is 0. The molecule has 1 fully saturated rings. The van der Waals surface area contributed by atoms with Crippen LogP contribution in [0.2, 0.25) is 0 Å². The fraction of sp³-hybridized carbons (Fsp3) is 0.241. The van der Waals surface area contributed by atoms with Crippen LogP contribution in [0, 0.1) is 19.7 Å². The van der Waals surface area contributed by atoms with E-state index in [0.717, 1.165) is 24.3 Å². The standard InChI is InChI=1S/C29H29FN2O3/c1-5-31(6-2)22-13-10-20(11-14-22)26-25(27(33)21-12-15-24(30)19(4)17-21)28(34)29(35)32(26)23-9-7-8-18(3)16-23/h7-17,26,33H,5-6H2,1-4H3/b27-25-. The second-order valence-corrected chi connectivity index (χ2v) is 8.74. The number of aliphatic hydroxyl groups is 1. The molecule has 4 rings (SSSR count). The summed E-state index contributed by atoms with van der Waals surface area (Å²) < 4.78 is 13.9. The average molecular weight is 473 g/mol. The molecule has 0 aliphatic carbocycles. The van der Waals surface area contributed by atoms with Gasteiger partial charge in [0.15, 0.2) is 0 Å². The van der Waals surface area contributed by atoms with Gasteiger partial charge in [-0.15, -0.1) is 0 Å². The third-order valence-corrected chi connectivity index (χ3v) is 6.49. The van der Waals surface area contributed by atoms with Gasteiger partial charge in [0.25, 0.3) is 11.7 Å². The summed E-state index contributed by atoms with van der Waals surface area (Å²) in [7, 11) is 0. The topological polar surface area (TPSA) is 60.9 Å². The zero-order valence-corrected chi connectivity index (χ0v) is 20.4. The lowest BCUT2D eigenvalue weighted by Crippen LogP contribution is -2.29. The number of anilines is 2.